The fourth-order valence-corrected chi connectivity index (χ4v) is 4.84. The Morgan fingerprint density at radius 2 is 2.17 bits per heavy atom. The molecule has 4 rings (SSSR count). The molecule has 3 aliphatic heterocycles. The van der Waals surface area contributed by atoms with E-state index in [-0.39, 0.29) is 6.10 Å². The lowest BCUT2D eigenvalue weighted by Gasteiger charge is -2.53. The van der Waals surface area contributed by atoms with Crippen LogP contribution in [0.2, 0.25) is 0 Å². The van der Waals surface area contributed by atoms with Gasteiger partial charge in [0.05, 0.1) is 6.10 Å². The summed E-state index contributed by atoms with van der Waals surface area (Å²) in [5.74, 6) is 1.20. The molecule has 0 aromatic carbocycles. The molecule has 18 heavy (non-hydrogen) atoms. The highest BCUT2D eigenvalue weighted by Gasteiger charge is 2.47. The number of nitrogens with zero attached hydrogens (tertiary/aromatic N) is 1. The van der Waals surface area contributed by atoms with Crippen LogP contribution >= 0.6 is 0 Å². The first kappa shape index (κ1) is 11.3. The predicted molar refractivity (Wildman–Crippen MR) is 71.1 cm³/mol. The van der Waals surface area contributed by atoms with Crippen molar-refractivity contribution in [2.24, 2.45) is 11.8 Å². The summed E-state index contributed by atoms with van der Waals surface area (Å²) in [6.45, 7) is 3.60. The Kier molecular flexibility index (Phi) is 2.66. The molecule has 100 valence electrons. The van der Waals surface area contributed by atoms with Crippen molar-refractivity contribution in [1.29, 1.82) is 0 Å². The number of hydrogen-bond donors (Lipinski definition) is 2. The lowest BCUT2D eigenvalue weighted by Crippen LogP contribution is -2.58. The Morgan fingerprint density at radius 3 is 3.11 bits per heavy atom. The molecule has 1 aliphatic carbocycles. The van der Waals surface area contributed by atoms with Crippen LogP contribution in [0, 0.1) is 11.8 Å². The second-order valence-electron chi connectivity index (χ2n) is 6.57. The van der Waals surface area contributed by atoms with Crippen LogP contribution in [0.4, 0.5) is 0 Å². The van der Waals surface area contributed by atoms with E-state index in [1.165, 1.54) is 56.5 Å². The van der Waals surface area contributed by atoms with E-state index in [1.807, 2.05) is 0 Å². The third kappa shape index (κ3) is 1.56. The van der Waals surface area contributed by atoms with Crippen molar-refractivity contribution in [2.45, 2.75) is 50.7 Å². The van der Waals surface area contributed by atoms with Crippen molar-refractivity contribution >= 4 is 0 Å². The van der Waals surface area contributed by atoms with Crippen LogP contribution in [-0.4, -0.2) is 41.8 Å². The van der Waals surface area contributed by atoms with Gasteiger partial charge in [-0.05, 0) is 44.2 Å². The van der Waals surface area contributed by atoms with Gasteiger partial charge in [0.2, 0.25) is 0 Å². The van der Waals surface area contributed by atoms with Gasteiger partial charge < -0.3 is 10.4 Å². The Labute approximate surface area is 109 Å². The van der Waals surface area contributed by atoms with E-state index in [9.17, 15) is 5.11 Å². The molecule has 2 N–H and O–H groups in total. The number of piperidine rings is 2. The lowest BCUT2D eigenvalue weighted by molar-refractivity contribution is -0.0300. The third-order valence-electron chi connectivity index (χ3n) is 5.63. The lowest BCUT2D eigenvalue weighted by atomic mass is 9.67. The van der Waals surface area contributed by atoms with E-state index in [1.54, 1.807) is 0 Å². The maximum absolute atomic E-state index is 10.7. The highest BCUT2D eigenvalue weighted by atomic mass is 16.3. The van der Waals surface area contributed by atoms with Gasteiger partial charge in [-0.2, -0.15) is 0 Å². The smallest absolute Gasteiger partial charge is 0.0813 e. The average molecular weight is 248 g/mol. The summed E-state index contributed by atoms with van der Waals surface area (Å²) in [7, 11) is 0. The fraction of sp³-hybridized carbons (Fsp3) is 0.867. The second kappa shape index (κ2) is 4.24. The van der Waals surface area contributed by atoms with Gasteiger partial charge in [-0.3, -0.25) is 4.90 Å². The van der Waals surface area contributed by atoms with Crippen molar-refractivity contribution < 1.29 is 5.11 Å². The van der Waals surface area contributed by atoms with Gasteiger partial charge in [-0.15, -0.1) is 0 Å². The minimum Gasteiger partial charge on any atom is -0.388 e. The average Bonchev–Trinajstić information content (AvgIpc) is 2.44. The Hall–Kier alpha value is -0.540. The SMILES string of the molecule is OC1C2=C(NCCC2)C2CC1C1CCCCN1C2. The van der Waals surface area contributed by atoms with Crippen molar-refractivity contribution in [3.8, 4) is 0 Å². The third-order valence-corrected chi connectivity index (χ3v) is 5.63. The van der Waals surface area contributed by atoms with Crippen molar-refractivity contribution in [3.63, 3.8) is 0 Å². The highest BCUT2D eigenvalue weighted by molar-refractivity contribution is 5.28. The van der Waals surface area contributed by atoms with Crippen LogP contribution in [0.3, 0.4) is 0 Å². The largest absolute Gasteiger partial charge is 0.388 e. The van der Waals surface area contributed by atoms with E-state index < -0.39 is 0 Å². The summed E-state index contributed by atoms with van der Waals surface area (Å²) >= 11 is 0. The molecule has 3 heterocycles. The molecule has 0 amide bonds. The van der Waals surface area contributed by atoms with Crippen molar-refractivity contribution in [1.82, 2.24) is 10.2 Å². The van der Waals surface area contributed by atoms with Crippen LogP contribution in [0.25, 0.3) is 0 Å². The molecule has 0 aromatic rings. The summed E-state index contributed by atoms with van der Waals surface area (Å²) in [4.78, 5) is 2.67. The molecule has 2 saturated heterocycles. The van der Waals surface area contributed by atoms with Gasteiger partial charge in [-0.25, -0.2) is 0 Å². The quantitative estimate of drug-likeness (QED) is 0.682. The zero-order valence-electron chi connectivity index (χ0n) is 11.1. The van der Waals surface area contributed by atoms with Crippen LogP contribution in [0.1, 0.15) is 38.5 Å². The monoisotopic (exact) mass is 248 g/mol. The van der Waals surface area contributed by atoms with Gasteiger partial charge in [-0.1, -0.05) is 6.42 Å². The first-order valence-electron chi connectivity index (χ1n) is 7.73. The number of aliphatic hydroxyl groups excluding tert-OH is 1. The molecule has 4 aliphatic rings. The Morgan fingerprint density at radius 1 is 1.22 bits per heavy atom. The first-order chi connectivity index (χ1) is 8.84. The van der Waals surface area contributed by atoms with E-state index in [4.69, 9.17) is 0 Å². The van der Waals surface area contributed by atoms with Crippen LogP contribution in [0.5, 0.6) is 0 Å². The van der Waals surface area contributed by atoms with Gasteiger partial charge in [0, 0.05) is 36.7 Å². The first-order valence-corrected chi connectivity index (χ1v) is 7.73. The zero-order valence-corrected chi connectivity index (χ0v) is 11.1. The molecule has 4 unspecified atom stereocenters. The fourth-order valence-electron chi connectivity index (χ4n) is 4.84. The number of fused-ring (bicyclic) bond motifs is 5. The minimum atomic E-state index is -0.157. The number of rotatable bonds is 0. The van der Waals surface area contributed by atoms with Gasteiger partial charge in [0.1, 0.15) is 0 Å². The van der Waals surface area contributed by atoms with Crippen LogP contribution < -0.4 is 5.32 Å². The van der Waals surface area contributed by atoms with Gasteiger partial charge >= 0.3 is 0 Å². The maximum atomic E-state index is 10.7. The van der Waals surface area contributed by atoms with Crippen LogP contribution in [-0.2, 0) is 0 Å². The maximum Gasteiger partial charge on any atom is 0.0813 e. The molecule has 0 saturated carbocycles. The highest BCUT2D eigenvalue weighted by Crippen LogP contribution is 2.45. The molecule has 4 atom stereocenters. The normalized spacial score (nSPS) is 44.1. The molecule has 0 spiro atoms. The predicted octanol–water partition coefficient (Wildman–Crippen LogP) is 1.49. The molecular weight excluding hydrogens is 224 g/mol. The summed E-state index contributed by atoms with van der Waals surface area (Å²) < 4.78 is 0. The van der Waals surface area contributed by atoms with Gasteiger partial charge in [0.15, 0.2) is 0 Å². The number of aliphatic hydroxyl groups is 1. The van der Waals surface area contributed by atoms with E-state index in [2.05, 4.69) is 10.2 Å². The molecule has 2 bridgehead atoms. The molecular formula is C15H24N2O. The summed E-state index contributed by atoms with van der Waals surface area (Å²) in [5, 5.41) is 14.3. The summed E-state index contributed by atoms with van der Waals surface area (Å²) in [5.41, 5.74) is 2.79. The minimum absolute atomic E-state index is 0.157. The van der Waals surface area contributed by atoms with E-state index >= 15 is 0 Å². The summed E-state index contributed by atoms with van der Waals surface area (Å²) in [6, 6.07) is 0.668. The second-order valence-corrected chi connectivity index (χ2v) is 6.57. The Bertz CT molecular complexity index is 365. The Balaban J connectivity index is 1.70. The van der Waals surface area contributed by atoms with Crippen LogP contribution in [0.15, 0.2) is 11.3 Å². The summed E-state index contributed by atoms with van der Waals surface area (Å²) in [6.07, 6.45) is 7.41. The molecule has 3 nitrogen and oxygen atoms in total. The van der Waals surface area contributed by atoms with Crippen molar-refractivity contribution in [2.75, 3.05) is 19.6 Å². The molecule has 2 fully saturated rings. The van der Waals surface area contributed by atoms with E-state index in [0.29, 0.717) is 17.9 Å². The van der Waals surface area contributed by atoms with Crippen molar-refractivity contribution in [3.05, 3.63) is 11.3 Å². The zero-order chi connectivity index (χ0) is 12.1. The van der Waals surface area contributed by atoms with E-state index in [0.717, 1.165) is 13.0 Å². The molecule has 0 aromatic heterocycles. The molecule has 0 radical (unpaired) electrons. The standard InChI is InChI=1S/C15H24N2O/c18-15-11-4-3-6-16-14(11)10-8-12(15)13-5-1-2-7-17(13)9-10/h10,12-13,15-16,18H,1-9H2. The molecule has 3 heteroatoms. The number of nitrogens with one attached hydrogen (secondary N) is 1. The topological polar surface area (TPSA) is 35.5 Å². The van der Waals surface area contributed by atoms with Gasteiger partial charge in [0.25, 0.3) is 0 Å². The number of hydrogen-bond acceptors (Lipinski definition) is 3.